The first-order valence-electron chi connectivity index (χ1n) is 5.62. The first kappa shape index (κ1) is 11.5. The quantitative estimate of drug-likeness (QED) is 0.699. The lowest BCUT2D eigenvalue weighted by Gasteiger charge is -2.31. The molecule has 1 fully saturated rings. The van der Waals surface area contributed by atoms with Gasteiger partial charge in [-0.1, -0.05) is 20.3 Å². The number of hydrogen-bond acceptors (Lipinski definition) is 2. The molecule has 3 heteroatoms. The molecule has 1 aliphatic carbocycles. The van der Waals surface area contributed by atoms with Crippen LogP contribution in [0.5, 0.6) is 0 Å². The number of nitrogens with one attached hydrogen (secondary N) is 2. The van der Waals surface area contributed by atoms with Crippen LogP contribution in [0.15, 0.2) is 0 Å². The fourth-order valence-corrected chi connectivity index (χ4v) is 1.66. The van der Waals surface area contributed by atoms with E-state index >= 15 is 0 Å². The highest BCUT2D eigenvalue weighted by Gasteiger charge is 2.24. The summed E-state index contributed by atoms with van der Waals surface area (Å²) in [6, 6.07) is 0.727. The molecule has 0 radical (unpaired) electrons. The predicted octanol–water partition coefficient (Wildman–Crippen LogP) is 1.29. The van der Waals surface area contributed by atoms with Gasteiger partial charge in [-0.3, -0.25) is 4.79 Å². The summed E-state index contributed by atoms with van der Waals surface area (Å²) in [4.78, 5) is 11.4. The zero-order valence-corrected chi connectivity index (χ0v) is 9.47. The van der Waals surface area contributed by atoms with Gasteiger partial charge in [-0.25, -0.2) is 0 Å². The number of carbonyl (C=O) groups is 1. The normalized spacial score (nSPS) is 19.1. The third-order valence-corrected chi connectivity index (χ3v) is 2.92. The summed E-state index contributed by atoms with van der Waals surface area (Å²) in [5.74, 6) is 0.844. The Balaban J connectivity index is 2.12. The molecule has 0 aromatic heterocycles. The van der Waals surface area contributed by atoms with Crippen molar-refractivity contribution in [2.45, 2.75) is 52.1 Å². The van der Waals surface area contributed by atoms with E-state index in [1.54, 1.807) is 0 Å². The standard InChI is InChI=1S/C11H22N2O/c1-8(2)12-7-11(14)13-9(3)10-5-4-6-10/h8-10,12H,4-7H2,1-3H3,(H,13,14). The molecule has 1 saturated carbocycles. The van der Waals surface area contributed by atoms with Gasteiger partial charge in [0.25, 0.3) is 0 Å². The van der Waals surface area contributed by atoms with Gasteiger partial charge in [-0.2, -0.15) is 0 Å². The Morgan fingerprint density at radius 2 is 2.00 bits per heavy atom. The highest BCUT2D eigenvalue weighted by atomic mass is 16.1. The van der Waals surface area contributed by atoms with Crippen LogP contribution in [0.2, 0.25) is 0 Å². The second-order valence-corrected chi connectivity index (χ2v) is 4.58. The van der Waals surface area contributed by atoms with Crippen LogP contribution in [0, 0.1) is 5.92 Å². The molecule has 1 rings (SSSR count). The fourth-order valence-electron chi connectivity index (χ4n) is 1.66. The minimum absolute atomic E-state index is 0.123. The van der Waals surface area contributed by atoms with Crippen molar-refractivity contribution >= 4 is 5.91 Å². The van der Waals surface area contributed by atoms with Crippen LogP contribution >= 0.6 is 0 Å². The van der Waals surface area contributed by atoms with Gasteiger partial charge in [0.1, 0.15) is 0 Å². The Hall–Kier alpha value is -0.570. The van der Waals surface area contributed by atoms with Gasteiger partial charge in [-0.15, -0.1) is 0 Å². The molecule has 14 heavy (non-hydrogen) atoms. The van der Waals surface area contributed by atoms with Crippen molar-refractivity contribution in [3.8, 4) is 0 Å². The average molecular weight is 198 g/mol. The largest absolute Gasteiger partial charge is 0.352 e. The smallest absolute Gasteiger partial charge is 0.234 e. The van der Waals surface area contributed by atoms with Crippen LogP contribution in [0.4, 0.5) is 0 Å². The summed E-state index contributed by atoms with van der Waals surface area (Å²) in [6.07, 6.45) is 3.88. The van der Waals surface area contributed by atoms with E-state index < -0.39 is 0 Å². The van der Waals surface area contributed by atoms with E-state index in [0.29, 0.717) is 18.6 Å². The first-order valence-corrected chi connectivity index (χ1v) is 5.62. The molecule has 0 aliphatic heterocycles. The highest BCUT2D eigenvalue weighted by Crippen LogP contribution is 2.29. The molecule has 0 bridgehead atoms. The number of carbonyl (C=O) groups excluding carboxylic acids is 1. The topological polar surface area (TPSA) is 41.1 Å². The molecule has 1 atom stereocenters. The molecule has 0 spiro atoms. The SMILES string of the molecule is CC(C)NCC(=O)NC(C)C1CCC1. The number of rotatable bonds is 5. The van der Waals surface area contributed by atoms with Gasteiger partial charge < -0.3 is 10.6 Å². The van der Waals surface area contributed by atoms with Gasteiger partial charge in [-0.05, 0) is 25.7 Å². The van der Waals surface area contributed by atoms with Crippen molar-refractivity contribution in [1.82, 2.24) is 10.6 Å². The van der Waals surface area contributed by atoms with E-state index in [4.69, 9.17) is 0 Å². The Morgan fingerprint density at radius 1 is 1.36 bits per heavy atom. The zero-order chi connectivity index (χ0) is 10.6. The molecule has 2 N–H and O–H groups in total. The molecule has 1 amide bonds. The van der Waals surface area contributed by atoms with Crippen LogP contribution in [0.3, 0.4) is 0 Å². The van der Waals surface area contributed by atoms with Gasteiger partial charge in [0.15, 0.2) is 0 Å². The minimum Gasteiger partial charge on any atom is -0.352 e. The molecule has 0 aromatic rings. The summed E-state index contributed by atoms with van der Waals surface area (Å²) in [6.45, 7) is 6.64. The lowest BCUT2D eigenvalue weighted by atomic mass is 9.80. The average Bonchev–Trinajstić information content (AvgIpc) is 1.97. The Kier molecular flexibility index (Phi) is 4.39. The summed E-state index contributed by atoms with van der Waals surface area (Å²) >= 11 is 0. The lowest BCUT2D eigenvalue weighted by Crippen LogP contribution is -2.45. The van der Waals surface area contributed by atoms with Gasteiger partial charge in [0.05, 0.1) is 6.54 Å². The van der Waals surface area contributed by atoms with E-state index in [1.807, 2.05) is 13.8 Å². The number of amides is 1. The summed E-state index contributed by atoms with van der Waals surface area (Å²) in [7, 11) is 0. The van der Waals surface area contributed by atoms with E-state index in [9.17, 15) is 4.79 Å². The van der Waals surface area contributed by atoms with Gasteiger partial charge >= 0.3 is 0 Å². The third-order valence-electron chi connectivity index (χ3n) is 2.92. The molecular weight excluding hydrogens is 176 g/mol. The van der Waals surface area contributed by atoms with Crippen molar-refractivity contribution in [2.75, 3.05) is 6.54 Å². The second kappa shape index (κ2) is 5.35. The van der Waals surface area contributed by atoms with E-state index in [1.165, 1.54) is 19.3 Å². The monoisotopic (exact) mass is 198 g/mol. The Bertz CT molecular complexity index is 188. The number of hydrogen-bond donors (Lipinski definition) is 2. The van der Waals surface area contributed by atoms with Gasteiger partial charge in [0, 0.05) is 12.1 Å². The highest BCUT2D eigenvalue weighted by molar-refractivity contribution is 5.78. The van der Waals surface area contributed by atoms with Crippen LogP contribution in [0.1, 0.15) is 40.0 Å². The van der Waals surface area contributed by atoms with Crippen LogP contribution < -0.4 is 10.6 Å². The first-order chi connectivity index (χ1) is 6.59. The lowest BCUT2D eigenvalue weighted by molar-refractivity contribution is -0.121. The van der Waals surface area contributed by atoms with Crippen molar-refractivity contribution in [2.24, 2.45) is 5.92 Å². The molecule has 0 heterocycles. The van der Waals surface area contributed by atoms with Crippen molar-refractivity contribution < 1.29 is 4.79 Å². The molecule has 0 aromatic carbocycles. The van der Waals surface area contributed by atoms with Crippen molar-refractivity contribution in [3.05, 3.63) is 0 Å². The Labute approximate surface area is 86.6 Å². The zero-order valence-electron chi connectivity index (χ0n) is 9.47. The van der Waals surface area contributed by atoms with E-state index in [0.717, 1.165) is 5.92 Å². The molecule has 1 unspecified atom stereocenters. The second-order valence-electron chi connectivity index (χ2n) is 4.58. The summed E-state index contributed by atoms with van der Waals surface area (Å²) in [5, 5.41) is 6.15. The van der Waals surface area contributed by atoms with Crippen LogP contribution in [-0.4, -0.2) is 24.5 Å². The molecule has 0 saturated heterocycles. The fraction of sp³-hybridized carbons (Fsp3) is 0.909. The summed E-state index contributed by atoms with van der Waals surface area (Å²) in [5.41, 5.74) is 0. The molecule has 82 valence electrons. The van der Waals surface area contributed by atoms with Crippen molar-refractivity contribution in [3.63, 3.8) is 0 Å². The van der Waals surface area contributed by atoms with E-state index in [-0.39, 0.29) is 5.91 Å². The van der Waals surface area contributed by atoms with Gasteiger partial charge in [0.2, 0.25) is 5.91 Å². The summed E-state index contributed by atoms with van der Waals surface area (Å²) < 4.78 is 0. The molecule has 1 aliphatic rings. The Morgan fingerprint density at radius 3 is 2.43 bits per heavy atom. The van der Waals surface area contributed by atoms with Crippen LogP contribution in [-0.2, 0) is 4.79 Å². The molecule has 3 nitrogen and oxygen atoms in total. The maximum absolute atomic E-state index is 11.4. The van der Waals surface area contributed by atoms with E-state index in [2.05, 4.69) is 17.6 Å². The minimum atomic E-state index is 0.123. The molecular formula is C11H22N2O. The predicted molar refractivity (Wildman–Crippen MR) is 58.1 cm³/mol. The van der Waals surface area contributed by atoms with Crippen molar-refractivity contribution in [1.29, 1.82) is 0 Å². The maximum Gasteiger partial charge on any atom is 0.234 e. The van der Waals surface area contributed by atoms with Crippen LogP contribution in [0.25, 0.3) is 0 Å². The maximum atomic E-state index is 11.4. The third kappa shape index (κ3) is 3.66.